The molecule has 1 aromatic carbocycles. The largest absolute Gasteiger partial charge is 0.462 e. The minimum absolute atomic E-state index is 0.0662. The molecule has 2 heterocycles. The fourth-order valence-electron chi connectivity index (χ4n) is 3.46. The predicted molar refractivity (Wildman–Crippen MR) is 108 cm³/mol. The maximum atomic E-state index is 12.9. The zero-order chi connectivity index (χ0) is 20.8. The Bertz CT molecular complexity index is 885. The topological polar surface area (TPSA) is 79.8 Å². The fourth-order valence-corrected chi connectivity index (χ4v) is 3.46. The summed E-state index contributed by atoms with van der Waals surface area (Å²) >= 11 is 0. The van der Waals surface area contributed by atoms with Crippen molar-refractivity contribution in [2.75, 3.05) is 31.6 Å². The number of rotatable bonds is 7. The van der Waals surface area contributed by atoms with Gasteiger partial charge in [-0.3, -0.25) is 14.6 Å². The number of ether oxygens (including phenoxy) is 1. The van der Waals surface area contributed by atoms with Crippen molar-refractivity contribution < 1.29 is 19.1 Å². The van der Waals surface area contributed by atoms with Crippen LogP contribution in [0, 0.1) is 5.92 Å². The number of para-hydroxylation sites is 1. The van der Waals surface area contributed by atoms with Crippen LogP contribution in [-0.2, 0) is 20.7 Å². The number of likely N-dealkylation sites (N-methyl/N-ethyl adjacent to an activating group) is 1. The van der Waals surface area contributed by atoms with Gasteiger partial charge < -0.3 is 14.5 Å². The molecule has 0 N–H and O–H groups in total. The summed E-state index contributed by atoms with van der Waals surface area (Å²) in [5.41, 5.74) is 1.93. The summed E-state index contributed by atoms with van der Waals surface area (Å²) in [4.78, 5) is 44.9. The molecule has 7 nitrogen and oxygen atoms in total. The number of carbonyl (C=O) groups excluding carboxylic acids is 3. The van der Waals surface area contributed by atoms with Crippen LogP contribution in [-0.4, -0.2) is 54.4 Å². The van der Waals surface area contributed by atoms with Crippen molar-refractivity contribution in [3.63, 3.8) is 0 Å². The number of pyridine rings is 1. The molecule has 1 saturated heterocycles. The smallest absolute Gasteiger partial charge is 0.340 e. The minimum Gasteiger partial charge on any atom is -0.462 e. The summed E-state index contributed by atoms with van der Waals surface area (Å²) in [6.45, 7) is 2.81. The number of amides is 2. The van der Waals surface area contributed by atoms with E-state index in [0.29, 0.717) is 17.8 Å². The van der Waals surface area contributed by atoms with Gasteiger partial charge in [0.05, 0.1) is 23.8 Å². The molecule has 1 atom stereocenters. The van der Waals surface area contributed by atoms with E-state index in [2.05, 4.69) is 4.98 Å². The van der Waals surface area contributed by atoms with Gasteiger partial charge in [-0.1, -0.05) is 12.1 Å². The van der Waals surface area contributed by atoms with E-state index in [1.54, 1.807) is 55.5 Å². The van der Waals surface area contributed by atoms with Gasteiger partial charge in [0, 0.05) is 39.0 Å². The van der Waals surface area contributed by atoms with Crippen LogP contribution in [0.5, 0.6) is 0 Å². The lowest BCUT2D eigenvalue weighted by Gasteiger charge is -2.22. The zero-order valence-corrected chi connectivity index (χ0v) is 16.7. The van der Waals surface area contributed by atoms with Crippen molar-refractivity contribution in [3.05, 3.63) is 59.9 Å². The van der Waals surface area contributed by atoms with Gasteiger partial charge in [-0.05, 0) is 43.2 Å². The highest BCUT2D eigenvalue weighted by Crippen LogP contribution is 2.29. The molecule has 0 radical (unpaired) electrons. The Hall–Kier alpha value is -3.22. The molecule has 3 rings (SSSR count). The minimum atomic E-state index is -0.472. The quantitative estimate of drug-likeness (QED) is 0.672. The summed E-state index contributed by atoms with van der Waals surface area (Å²) < 4.78 is 5.09. The van der Waals surface area contributed by atoms with Crippen LogP contribution in [0.3, 0.4) is 0 Å². The number of carbonyl (C=O) groups is 3. The van der Waals surface area contributed by atoms with Crippen molar-refractivity contribution in [3.8, 4) is 0 Å². The van der Waals surface area contributed by atoms with Crippen molar-refractivity contribution in [2.24, 2.45) is 5.92 Å². The molecule has 1 aliphatic rings. The molecule has 2 aromatic rings. The summed E-state index contributed by atoms with van der Waals surface area (Å²) in [6.07, 6.45) is 4.31. The second kappa shape index (κ2) is 9.32. The van der Waals surface area contributed by atoms with Gasteiger partial charge in [0.2, 0.25) is 11.8 Å². The molecule has 2 amide bonds. The lowest BCUT2D eigenvalue weighted by Crippen LogP contribution is -2.36. The van der Waals surface area contributed by atoms with Crippen LogP contribution in [0.4, 0.5) is 5.69 Å². The SMILES string of the molecule is CCOC(=O)c1ccccc1N1CC(C(=O)N(C)CCc2ccncc2)CC1=O. The van der Waals surface area contributed by atoms with E-state index in [0.717, 1.165) is 12.0 Å². The molecule has 7 heteroatoms. The van der Waals surface area contributed by atoms with Gasteiger partial charge in [0.15, 0.2) is 0 Å². The van der Waals surface area contributed by atoms with E-state index in [1.165, 1.54) is 4.90 Å². The predicted octanol–water partition coefficient (Wildman–Crippen LogP) is 2.31. The van der Waals surface area contributed by atoms with Crippen LogP contribution >= 0.6 is 0 Å². The Morgan fingerprint density at radius 1 is 1.21 bits per heavy atom. The van der Waals surface area contributed by atoms with Crippen LogP contribution in [0.25, 0.3) is 0 Å². The fraction of sp³-hybridized carbons (Fsp3) is 0.364. The average molecular weight is 395 g/mol. The van der Waals surface area contributed by atoms with E-state index in [4.69, 9.17) is 4.74 Å². The first-order valence-corrected chi connectivity index (χ1v) is 9.71. The van der Waals surface area contributed by atoms with E-state index < -0.39 is 11.9 Å². The first-order chi connectivity index (χ1) is 14.0. The van der Waals surface area contributed by atoms with E-state index in [9.17, 15) is 14.4 Å². The zero-order valence-electron chi connectivity index (χ0n) is 16.7. The monoisotopic (exact) mass is 395 g/mol. The van der Waals surface area contributed by atoms with Crippen LogP contribution in [0.1, 0.15) is 29.3 Å². The maximum absolute atomic E-state index is 12.9. The molecule has 1 aliphatic heterocycles. The normalized spacial score (nSPS) is 16.0. The summed E-state index contributed by atoms with van der Waals surface area (Å²) in [5, 5.41) is 0. The molecule has 0 saturated carbocycles. The third kappa shape index (κ3) is 4.80. The van der Waals surface area contributed by atoms with E-state index in [1.807, 2.05) is 12.1 Å². The molecular weight excluding hydrogens is 370 g/mol. The Morgan fingerprint density at radius 2 is 1.93 bits per heavy atom. The van der Waals surface area contributed by atoms with Crippen molar-refractivity contribution in [1.82, 2.24) is 9.88 Å². The van der Waals surface area contributed by atoms with Gasteiger partial charge in [-0.25, -0.2) is 4.79 Å². The highest BCUT2D eigenvalue weighted by molar-refractivity contribution is 6.05. The van der Waals surface area contributed by atoms with Gasteiger partial charge in [-0.15, -0.1) is 0 Å². The standard InChI is InChI=1S/C22H25N3O4/c1-3-29-22(28)18-6-4-5-7-19(18)25-15-17(14-20(25)26)21(27)24(2)13-10-16-8-11-23-12-9-16/h4-9,11-12,17H,3,10,13-15H2,1-2H3. The third-order valence-corrected chi connectivity index (χ3v) is 5.03. The highest BCUT2D eigenvalue weighted by atomic mass is 16.5. The van der Waals surface area contributed by atoms with Crippen LogP contribution < -0.4 is 4.90 Å². The van der Waals surface area contributed by atoms with Gasteiger partial charge in [-0.2, -0.15) is 0 Å². The molecule has 1 unspecified atom stereocenters. The Balaban J connectivity index is 1.67. The Labute approximate surface area is 170 Å². The molecule has 1 aromatic heterocycles. The van der Waals surface area contributed by atoms with Crippen LogP contribution in [0.15, 0.2) is 48.8 Å². The van der Waals surface area contributed by atoms with Crippen LogP contribution in [0.2, 0.25) is 0 Å². The molecule has 152 valence electrons. The van der Waals surface area contributed by atoms with Crippen molar-refractivity contribution >= 4 is 23.5 Å². The molecule has 0 aliphatic carbocycles. The van der Waals surface area contributed by atoms with Crippen molar-refractivity contribution in [2.45, 2.75) is 19.8 Å². The summed E-state index contributed by atoms with van der Waals surface area (Å²) in [5.74, 6) is -1.13. The van der Waals surface area contributed by atoms with Gasteiger partial charge in [0.1, 0.15) is 0 Å². The van der Waals surface area contributed by atoms with E-state index in [-0.39, 0.29) is 31.4 Å². The van der Waals surface area contributed by atoms with Gasteiger partial charge >= 0.3 is 5.97 Å². The average Bonchev–Trinajstić information content (AvgIpc) is 3.13. The Morgan fingerprint density at radius 3 is 2.66 bits per heavy atom. The first-order valence-electron chi connectivity index (χ1n) is 9.71. The summed E-state index contributed by atoms with van der Waals surface area (Å²) in [7, 11) is 1.75. The maximum Gasteiger partial charge on any atom is 0.340 e. The lowest BCUT2D eigenvalue weighted by molar-refractivity contribution is -0.134. The molecule has 0 bridgehead atoms. The number of hydrogen-bond donors (Lipinski definition) is 0. The molecule has 0 spiro atoms. The van der Waals surface area contributed by atoms with Crippen molar-refractivity contribution in [1.29, 1.82) is 0 Å². The molecule has 1 fully saturated rings. The molecular formula is C22H25N3O4. The van der Waals surface area contributed by atoms with Gasteiger partial charge in [0.25, 0.3) is 0 Å². The Kier molecular flexibility index (Phi) is 6.59. The number of hydrogen-bond acceptors (Lipinski definition) is 5. The number of anilines is 1. The second-order valence-electron chi connectivity index (χ2n) is 7.01. The number of benzene rings is 1. The second-order valence-corrected chi connectivity index (χ2v) is 7.01. The number of esters is 1. The summed E-state index contributed by atoms with van der Waals surface area (Å²) in [6, 6.07) is 10.7. The molecule has 29 heavy (non-hydrogen) atoms. The number of aromatic nitrogens is 1. The first kappa shape index (κ1) is 20.5. The van der Waals surface area contributed by atoms with E-state index >= 15 is 0 Å². The highest BCUT2D eigenvalue weighted by Gasteiger charge is 2.37. The lowest BCUT2D eigenvalue weighted by atomic mass is 10.1. The third-order valence-electron chi connectivity index (χ3n) is 5.03. The number of nitrogens with zero attached hydrogens (tertiary/aromatic N) is 3.